The number of amides is 1. The fourth-order valence-electron chi connectivity index (χ4n) is 1.87. The molecule has 1 aromatic rings. The zero-order chi connectivity index (χ0) is 14.8. The predicted octanol–water partition coefficient (Wildman–Crippen LogP) is 3.27. The number of aryl methyl sites for hydroxylation is 1. The van der Waals surface area contributed by atoms with Gasteiger partial charge in [-0.3, -0.25) is 15.0 Å². The van der Waals surface area contributed by atoms with Gasteiger partial charge in [-0.15, -0.1) is 0 Å². The smallest absolute Gasteiger partial charge is 0.414 e. The van der Waals surface area contributed by atoms with Crippen molar-refractivity contribution in [3.05, 3.63) is 33.9 Å². The number of nitro groups is 1. The minimum absolute atomic E-state index is 0.111. The Morgan fingerprint density at radius 3 is 2.37 bits per heavy atom. The van der Waals surface area contributed by atoms with Gasteiger partial charge in [0, 0.05) is 11.6 Å². The fraction of sp³-hybridized carbons (Fsp3) is 0.462. The van der Waals surface area contributed by atoms with E-state index >= 15 is 0 Å². The molecule has 0 radical (unpaired) electrons. The number of benzene rings is 1. The second-order valence-electron chi connectivity index (χ2n) is 5.18. The van der Waals surface area contributed by atoms with Crippen molar-refractivity contribution in [1.29, 1.82) is 0 Å². The molecule has 0 saturated carbocycles. The van der Waals surface area contributed by atoms with Crippen LogP contribution >= 0.6 is 0 Å². The van der Waals surface area contributed by atoms with E-state index in [-0.39, 0.29) is 11.4 Å². The zero-order valence-electron chi connectivity index (χ0n) is 11.8. The molecule has 19 heavy (non-hydrogen) atoms. The Labute approximate surface area is 112 Å². The number of hydrogen-bond donors (Lipinski definition) is 0. The van der Waals surface area contributed by atoms with Crippen molar-refractivity contribution < 1.29 is 14.5 Å². The number of rotatable bonds is 2. The van der Waals surface area contributed by atoms with Crippen molar-refractivity contribution in [2.75, 3.05) is 12.0 Å². The standard InChI is InChI=1S/C13H18N2O4/c1-9-7-6-8-10(15(17)18)11(9)14(12(16)19-5)13(2,3)4/h6-8H,1-5H3. The molecular formula is C13H18N2O4. The summed E-state index contributed by atoms with van der Waals surface area (Å²) in [6.07, 6.45) is -0.620. The second kappa shape index (κ2) is 5.26. The van der Waals surface area contributed by atoms with Gasteiger partial charge in [0.15, 0.2) is 0 Å². The molecule has 0 fully saturated rings. The van der Waals surface area contributed by atoms with Crippen LogP contribution in [-0.4, -0.2) is 23.7 Å². The van der Waals surface area contributed by atoms with Gasteiger partial charge < -0.3 is 4.74 Å². The molecule has 1 amide bonds. The Hall–Kier alpha value is -2.11. The molecule has 0 atom stereocenters. The Morgan fingerprint density at radius 1 is 1.37 bits per heavy atom. The third kappa shape index (κ3) is 3.01. The molecule has 6 nitrogen and oxygen atoms in total. The predicted molar refractivity (Wildman–Crippen MR) is 72.5 cm³/mol. The SMILES string of the molecule is COC(=O)N(c1c(C)cccc1[N+](=O)[O-])C(C)(C)C. The largest absolute Gasteiger partial charge is 0.452 e. The van der Waals surface area contributed by atoms with Crippen molar-refractivity contribution in [2.24, 2.45) is 0 Å². The highest BCUT2D eigenvalue weighted by molar-refractivity contribution is 5.93. The van der Waals surface area contributed by atoms with Gasteiger partial charge in [-0.25, -0.2) is 4.79 Å². The molecule has 6 heteroatoms. The van der Waals surface area contributed by atoms with Crippen LogP contribution < -0.4 is 4.90 Å². The van der Waals surface area contributed by atoms with E-state index in [1.54, 1.807) is 39.8 Å². The molecule has 0 aliphatic rings. The number of carbonyl (C=O) groups is 1. The molecule has 1 rings (SSSR count). The molecule has 0 aliphatic carbocycles. The lowest BCUT2D eigenvalue weighted by Crippen LogP contribution is -2.46. The van der Waals surface area contributed by atoms with E-state index in [0.29, 0.717) is 5.56 Å². The molecule has 0 bridgehead atoms. The number of hydrogen-bond acceptors (Lipinski definition) is 4. The number of ether oxygens (including phenoxy) is 1. The highest BCUT2D eigenvalue weighted by Gasteiger charge is 2.35. The number of anilines is 1. The lowest BCUT2D eigenvalue weighted by atomic mass is 10.0. The van der Waals surface area contributed by atoms with E-state index in [1.807, 2.05) is 0 Å². The van der Waals surface area contributed by atoms with Crippen LogP contribution in [0.5, 0.6) is 0 Å². The first-order valence-electron chi connectivity index (χ1n) is 5.82. The maximum absolute atomic E-state index is 12.0. The van der Waals surface area contributed by atoms with Gasteiger partial charge in [-0.1, -0.05) is 12.1 Å². The van der Waals surface area contributed by atoms with Crippen LogP contribution in [0, 0.1) is 17.0 Å². The third-order valence-electron chi connectivity index (χ3n) is 2.66. The van der Waals surface area contributed by atoms with Gasteiger partial charge >= 0.3 is 6.09 Å². The molecular weight excluding hydrogens is 248 g/mol. The maximum atomic E-state index is 12.0. The molecule has 0 aliphatic heterocycles. The molecule has 104 valence electrons. The number of para-hydroxylation sites is 1. The van der Waals surface area contributed by atoms with Crippen LogP contribution in [0.4, 0.5) is 16.2 Å². The van der Waals surface area contributed by atoms with Crippen molar-refractivity contribution in [2.45, 2.75) is 33.2 Å². The van der Waals surface area contributed by atoms with E-state index in [0.717, 1.165) is 0 Å². The normalized spacial score (nSPS) is 11.0. The first-order chi connectivity index (χ1) is 8.70. The number of nitro benzene ring substituents is 1. The van der Waals surface area contributed by atoms with Crippen LogP contribution in [0.25, 0.3) is 0 Å². The summed E-state index contributed by atoms with van der Waals surface area (Å²) in [6, 6.07) is 4.70. The number of methoxy groups -OCH3 is 1. The van der Waals surface area contributed by atoms with E-state index in [9.17, 15) is 14.9 Å². The molecule has 1 aromatic carbocycles. The van der Waals surface area contributed by atoms with E-state index < -0.39 is 16.6 Å². The average molecular weight is 266 g/mol. The second-order valence-corrected chi connectivity index (χ2v) is 5.18. The number of carbonyl (C=O) groups excluding carboxylic acids is 1. The first kappa shape index (κ1) is 14.9. The number of nitrogens with zero attached hydrogens (tertiary/aromatic N) is 2. The average Bonchev–Trinajstić information content (AvgIpc) is 2.29. The van der Waals surface area contributed by atoms with Crippen molar-refractivity contribution >= 4 is 17.5 Å². The monoisotopic (exact) mass is 266 g/mol. The summed E-state index contributed by atoms with van der Waals surface area (Å²) in [5, 5.41) is 11.1. The highest BCUT2D eigenvalue weighted by Crippen LogP contribution is 2.36. The zero-order valence-corrected chi connectivity index (χ0v) is 11.8. The quantitative estimate of drug-likeness (QED) is 0.608. The van der Waals surface area contributed by atoms with Crippen molar-refractivity contribution in [3.8, 4) is 0 Å². The van der Waals surface area contributed by atoms with E-state index in [1.165, 1.54) is 18.1 Å². The Morgan fingerprint density at radius 2 is 1.95 bits per heavy atom. The molecule has 0 aromatic heterocycles. The molecule has 0 unspecified atom stereocenters. The summed E-state index contributed by atoms with van der Waals surface area (Å²) in [7, 11) is 1.26. The summed E-state index contributed by atoms with van der Waals surface area (Å²) in [6.45, 7) is 7.10. The first-order valence-corrected chi connectivity index (χ1v) is 5.82. The highest BCUT2D eigenvalue weighted by atomic mass is 16.6. The molecule has 0 N–H and O–H groups in total. The fourth-order valence-corrected chi connectivity index (χ4v) is 1.87. The lowest BCUT2D eigenvalue weighted by molar-refractivity contribution is -0.384. The van der Waals surface area contributed by atoms with Gasteiger partial charge in [0.25, 0.3) is 5.69 Å². The van der Waals surface area contributed by atoms with Gasteiger partial charge in [0.1, 0.15) is 5.69 Å². The van der Waals surface area contributed by atoms with Gasteiger partial charge in [0.05, 0.1) is 12.0 Å². The van der Waals surface area contributed by atoms with E-state index in [2.05, 4.69) is 0 Å². The third-order valence-corrected chi connectivity index (χ3v) is 2.66. The minimum atomic E-state index is -0.635. The van der Waals surface area contributed by atoms with Crippen LogP contribution in [0.1, 0.15) is 26.3 Å². The maximum Gasteiger partial charge on any atom is 0.414 e. The summed E-state index contributed by atoms with van der Waals surface area (Å²) in [5.41, 5.74) is 0.172. The van der Waals surface area contributed by atoms with Crippen LogP contribution in [0.3, 0.4) is 0 Å². The lowest BCUT2D eigenvalue weighted by Gasteiger charge is -2.34. The van der Waals surface area contributed by atoms with Crippen molar-refractivity contribution in [3.63, 3.8) is 0 Å². The van der Waals surface area contributed by atoms with Crippen LogP contribution in [0.15, 0.2) is 18.2 Å². The van der Waals surface area contributed by atoms with Gasteiger partial charge in [-0.05, 0) is 33.3 Å². The minimum Gasteiger partial charge on any atom is -0.452 e. The van der Waals surface area contributed by atoms with Gasteiger partial charge in [-0.2, -0.15) is 0 Å². The topological polar surface area (TPSA) is 72.7 Å². The van der Waals surface area contributed by atoms with Crippen LogP contribution in [-0.2, 0) is 4.74 Å². The Kier molecular flexibility index (Phi) is 4.14. The Bertz CT molecular complexity index is 506. The molecule has 0 spiro atoms. The Balaban J connectivity index is 3.55. The summed E-state index contributed by atoms with van der Waals surface area (Å²) < 4.78 is 4.75. The van der Waals surface area contributed by atoms with E-state index in [4.69, 9.17) is 4.74 Å². The molecule has 0 heterocycles. The van der Waals surface area contributed by atoms with Crippen molar-refractivity contribution in [1.82, 2.24) is 0 Å². The van der Waals surface area contributed by atoms with Crippen LogP contribution in [0.2, 0.25) is 0 Å². The summed E-state index contributed by atoms with van der Waals surface area (Å²) in [4.78, 5) is 23.9. The summed E-state index contributed by atoms with van der Waals surface area (Å²) >= 11 is 0. The molecule has 0 saturated heterocycles. The van der Waals surface area contributed by atoms with Gasteiger partial charge in [0.2, 0.25) is 0 Å². The summed E-state index contributed by atoms with van der Waals surface area (Å²) in [5.74, 6) is 0.